The van der Waals surface area contributed by atoms with Gasteiger partial charge in [-0.2, -0.15) is 0 Å². The van der Waals surface area contributed by atoms with Crippen LogP contribution in [0, 0.1) is 0 Å². The molecule has 94 valence electrons. The van der Waals surface area contributed by atoms with Crippen LogP contribution >= 0.6 is 15.9 Å². The number of hydrogen-bond acceptors (Lipinski definition) is 3. The second-order valence-electron chi connectivity index (χ2n) is 4.76. The highest BCUT2D eigenvalue weighted by atomic mass is 79.9. The lowest BCUT2D eigenvalue weighted by atomic mass is 10.1. The number of benzene rings is 1. The van der Waals surface area contributed by atoms with Gasteiger partial charge in [0.2, 0.25) is 5.91 Å². The lowest BCUT2D eigenvalue weighted by Crippen LogP contribution is -2.39. The summed E-state index contributed by atoms with van der Waals surface area (Å²) in [5, 5.41) is 8.74. The fraction of sp³-hybridized carbons (Fsp3) is 0.385. The molecule has 0 radical (unpaired) electrons. The molecular formula is C13H13BrN2O2. The zero-order valence-corrected chi connectivity index (χ0v) is 11.4. The van der Waals surface area contributed by atoms with E-state index in [2.05, 4.69) is 26.4 Å². The van der Waals surface area contributed by atoms with Gasteiger partial charge in [0.25, 0.3) is 0 Å². The van der Waals surface area contributed by atoms with Crippen LogP contribution in [0.2, 0.25) is 0 Å². The van der Waals surface area contributed by atoms with Gasteiger partial charge >= 0.3 is 0 Å². The number of amides is 1. The number of fused-ring (bicyclic) bond motifs is 1. The van der Waals surface area contributed by atoms with E-state index in [1.54, 1.807) is 0 Å². The quantitative estimate of drug-likeness (QED) is 0.883. The van der Waals surface area contributed by atoms with E-state index < -0.39 is 0 Å². The van der Waals surface area contributed by atoms with Gasteiger partial charge in [0.1, 0.15) is 5.69 Å². The van der Waals surface area contributed by atoms with E-state index in [1.807, 2.05) is 24.3 Å². The van der Waals surface area contributed by atoms with Gasteiger partial charge in [-0.3, -0.25) is 4.79 Å². The normalized spacial score (nSPS) is 16.7. The van der Waals surface area contributed by atoms with Crippen molar-refractivity contribution < 1.29 is 9.32 Å². The summed E-state index contributed by atoms with van der Waals surface area (Å²) in [7, 11) is 0. The number of carbonyl (C=O) groups excluding carboxylic acids is 1. The van der Waals surface area contributed by atoms with Crippen LogP contribution in [-0.4, -0.2) is 21.9 Å². The molecule has 1 aromatic heterocycles. The molecule has 3 rings (SSSR count). The summed E-state index contributed by atoms with van der Waals surface area (Å²) in [4.78, 5) is 12.0. The monoisotopic (exact) mass is 308 g/mol. The van der Waals surface area contributed by atoms with E-state index in [1.165, 1.54) is 0 Å². The first kappa shape index (κ1) is 11.7. The second-order valence-corrected chi connectivity index (χ2v) is 5.33. The van der Waals surface area contributed by atoms with Crippen LogP contribution in [-0.2, 0) is 11.2 Å². The highest BCUT2D eigenvalue weighted by Crippen LogP contribution is 2.36. The van der Waals surface area contributed by atoms with Gasteiger partial charge in [0.05, 0.1) is 6.42 Å². The van der Waals surface area contributed by atoms with Crippen LogP contribution in [0.1, 0.15) is 18.5 Å². The maximum Gasteiger partial charge on any atom is 0.226 e. The van der Waals surface area contributed by atoms with Gasteiger partial charge in [0, 0.05) is 16.3 Å². The Bertz CT molecular complexity index is 589. The standard InChI is InChI=1S/C13H13BrN2O2/c14-8-13(5-6-13)15-12(17)7-10-9-3-1-2-4-11(9)18-16-10/h1-4H,5-8H2,(H,15,17). The summed E-state index contributed by atoms with van der Waals surface area (Å²) in [6.07, 6.45) is 2.36. The Hall–Kier alpha value is -1.36. The molecule has 1 saturated carbocycles. The lowest BCUT2D eigenvalue weighted by Gasteiger charge is -2.13. The molecule has 18 heavy (non-hydrogen) atoms. The maximum atomic E-state index is 12.0. The van der Waals surface area contributed by atoms with E-state index >= 15 is 0 Å². The minimum absolute atomic E-state index is 0.00556. The third-order valence-corrected chi connectivity index (χ3v) is 4.37. The van der Waals surface area contributed by atoms with E-state index in [-0.39, 0.29) is 17.9 Å². The van der Waals surface area contributed by atoms with Gasteiger partial charge in [-0.15, -0.1) is 0 Å². The average Bonchev–Trinajstić information content (AvgIpc) is 3.04. The zero-order valence-electron chi connectivity index (χ0n) is 9.78. The number of alkyl halides is 1. The van der Waals surface area contributed by atoms with Crippen molar-refractivity contribution in [2.45, 2.75) is 24.8 Å². The molecule has 1 N–H and O–H groups in total. The molecule has 0 atom stereocenters. The van der Waals surface area contributed by atoms with Gasteiger partial charge in [-0.1, -0.05) is 33.2 Å². The van der Waals surface area contributed by atoms with E-state index in [4.69, 9.17) is 4.52 Å². The summed E-state index contributed by atoms with van der Waals surface area (Å²) in [6, 6.07) is 7.58. The summed E-state index contributed by atoms with van der Waals surface area (Å²) in [6.45, 7) is 0. The molecule has 1 aliphatic carbocycles. The van der Waals surface area contributed by atoms with Gasteiger partial charge in [-0.25, -0.2) is 0 Å². The largest absolute Gasteiger partial charge is 0.356 e. The number of rotatable bonds is 4. The van der Waals surface area contributed by atoms with E-state index in [9.17, 15) is 4.79 Å². The fourth-order valence-corrected chi connectivity index (χ4v) is 2.70. The third-order valence-electron chi connectivity index (χ3n) is 3.29. The van der Waals surface area contributed by atoms with Crippen LogP contribution < -0.4 is 5.32 Å². The summed E-state index contributed by atoms with van der Waals surface area (Å²) >= 11 is 3.43. The average molecular weight is 309 g/mol. The number of para-hydroxylation sites is 1. The number of halogens is 1. The number of aromatic nitrogens is 1. The summed E-state index contributed by atoms with van der Waals surface area (Å²) in [5.41, 5.74) is 1.41. The molecule has 5 heteroatoms. The summed E-state index contributed by atoms with van der Waals surface area (Å²) in [5.74, 6) is 0.00556. The molecule has 2 aromatic rings. The molecular weight excluding hydrogens is 296 g/mol. The topological polar surface area (TPSA) is 55.1 Å². The van der Waals surface area contributed by atoms with Crippen molar-refractivity contribution in [1.29, 1.82) is 0 Å². The number of hydrogen-bond donors (Lipinski definition) is 1. The van der Waals surface area contributed by atoms with Crippen LogP contribution in [0.3, 0.4) is 0 Å². The smallest absolute Gasteiger partial charge is 0.226 e. The number of nitrogens with zero attached hydrogens (tertiary/aromatic N) is 1. The second kappa shape index (κ2) is 4.39. The van der Waals surface area contributed by atoms with Gasteiger partial charge in [0.15, 0.2) is 5.58 Å². The first-order valence-electron chi connectivity index (χ1n) is 5.93. The molecule has 0 saturated heterocycles. The summed E-state index contributed by atoms with van der Waals surface area (Å²) < 4.78 is 5.18. The predicted octanol–water partition coefficient (Wildman–Crippen LogP) is 2.41. The number of nitrogens with one attached hydrogen (secondary N) is 1. The van der Waals surface area contributed by atoms with Crippen molar-refractivity contribution >= 4 is 32.8 Å². The van der Waals surface area contributed by atoms with Gasteiger partial charge in [-0.05, 0) is 25.0 Å². The minimum atomic E-state index is -0.0172. The first-order chi connectivity index (χ1) is 8.72. The van der Waals surface area contributed by atoms with Crippen molar-refractivity contribution in [3.8, 4) is 0 Å². The molecule has 1 aromatic carbocycles. The van der Waals surface area contributed by atoms with Crippen LogP contribution in [0.5, 0.6) is 0 Å². The number of carbonyl (C=O) groups is 1. The Labute approximate surface area is 113 Å². The van der Waals surface area contributed by atoms with Crippen molar-refractivity contribution in [2.75, 3.05) is 5.33 Å². The Morgan fingerprint density at radius 1 is 1.44 bits per heavy atom. The zero-order chi connectivity index (χ0) is 12.6. The third kappa shape index (κ3) is 2.14. The fourth-order valence-electron chi connectivity index (χ4n) is 2.00. The Morgan fingerprint density at radius 3 is 2.94 bits per heavy atom. The molecule has 1 heterocycles. The first-order valence-corrected chi connectivity index (χ1v) is 7.05. The van der Waals surface area contributed by atoms with Crippen molar-refractivity contribution in [1.82, 2.24) is 10.5 Å². The minimum Gasteiger partial charge on any atom is -0.356 e. The Morgan fingerprint density at radius 2 is 2.22 bits per heavy atom. The highest BCUT2D eigenvalue weighted by molar-refractivity contribution is 9.09. The van der Waals surface area contributed by atoms with Crippen molar-refractivity contribution in [2.24, 2.45) is 0 Å². The molecule has 1 fully saturated rings. The SMILES string of the molecule is O=C(Cc1noc2ccccc12)NC1(CBr)CC1. The molecule has 1 amide bonds. The molecule has 0 unspecified atom stereocenters. The predicted molar refractivity (Wildman–Crippen MR) is 71.6 cm³/mol. The van der Waals surface area contributed by atoms with Crippen LogP contribution in [0.4, 0.5) is 0 Å². The highest BCUT2D eigenvalue weighted by Gasteiger charge is 2.42. The maximum absolute atomic E-state index is 12.0. The van der Waals surface area contributed by atoms with Crippen LogP contribution in [0.25, 0.3) is 11.0 Å². The Balaban J connectivity index is 1.74. The molecule has 4 nitrogen and oxygen atoms in total. The van der Waals surface area contributed by atoms with Crippen LogP contribution in [0.15, 0.2) is 28.8 Å². The van der Waals surface area contributed by atoms with Crippen molar-refractivity contribution in [3.63, 3.8) is 0 Å². The molecule has 0 bridgehead atoms. The lowest BCUT2D eigenvalue weighted by molar-refractivity contribution is -0.121. The van der Waals surface area contributed by atoms with E-state index in [0.29, 0.717) is 5.69 Å². The Kier molecular flexibility index (Phi) is 2.86. The van der Waals surface area contributed by atoms with Gasteiger partial charge < -0.3 is 9.84 Å². The molecule has 1 aliphatic rings. The molecule has 0 spiro atoms. The molecule has 0 aliphatic heterocycles. The van der Waals surface area contributed by atoms with Crippen molar-refractivity contribution in [3.05, 3.63) is 30.0 Å². The van der Waals surface area contributed by atoms with E-state index in [0.717, 1.165) is 29.1 Å².